The summed E-state index contributed by atoms with van der Waals surface area (Å²) in [4.78, 5) is 23.9. The van der Waals surface area contributed by atoms with Crippen molar-refractivity contribution in [2.45, 2.75) is 26.7 Å². The summed E-state index contributed by atoms with van der Waals surface area (Å²) in [7, 11) is 0. The lowest BCUT2D eigenvalue weighted by Crippen LogP contribution is -2.35. The SMILES string of the molecule is Cc1ccc(Nc2c(-c3ccc(C(C)C)cc3)c(=O)c2=O)cc1F. The van der Waals surface area contributed by atoms with E-state index >= 15 is 0 Å². The molecule has 1 N–H and O–H groups in total. The zero-order chi connectivity index (χ0) is 17.4. The zero-order valence-corrected chi connectivity index (χ0v) is 13.8. The average Bonchev–Trinajstić information content (AvgIpc) is 2.57. The molecule has 0 saturated carbocycles. The molecule has 0 saturated heterocycles. The van der Waals surface area contributed by atoms with Crippen LogP contribution in [0.1, 0.15) is 30.9 Å². The molecule has 0 unspecified atom stereocenters. The number of aryl methyl sites for hydroxylation is 1. The first-order valence-electron chi connectivity index (χ1n) is 7.85. The van der Waals surface area contributed by atoms with Crippen LogP contribution in [-0.2, 0) is 0 Å². The van der Waals surface area contributed by atoms with Gasteiger partial charge >= 0.3 is 0 Å². The second-order valence-corrected chi connectivity index (χ2v) is 6.27. The number of halogens is 1. The molecule has 24 heavy (non-hydrogen) atoms. The molecule has 0 spiro atoms. The predicted octanol–water partition coefficient (Wildman–Crippen LogP) is 4.26. The third-order valence-corrected chi connectivity index (χ3v) is 4.22. The quantitative estimate of drug-likeness (QED) is 0.730. The Hall–Kier alpha value is -2.75. The Balaban J connectivity index is 1.96. The highest BCUT2D eigenvalue weighted by atomic mass is 19.1. The van der Waals surface area contributed by atoms with Crippen molar-refractivity contribution in [2.24, 2.45) is 0 Å². The van der Waals surface area contributed by atoms with Crippen LogP contribution in [0, 0.1) is 12.7 Å². The monoisotopic (exact) mass is 323 g/mol. The van der Waals surface area contributed by atoms with E-state index in [-0.39, 0.29) is 11.5 Å². The summed E-state index contributed by atoms with van der Waals surface area (Å²) in [5, 5.41) is 2.88. The number of rotatable bonds is 4. The topological polar surface area (TPSA) is 46.2 Å². The average molecular weight is 323 g/mol. The smallest absolute Gasteiger partial charge is 0.250 e. The number of hydrogen-bond donors (Lipinski definition) is 1. The summed E-state index contributed by atoms with van der Waals surface area (Å²) in [5.41, 5.74) is 2.32. The van der Waals surface area contributed by atoms with Gasteiger partial charge in [0.15, 0.2) is 0 Å². The van der Waals surface area contributed by atoms with E-state index in [4.69, 9.17) is 0 Å². The molecule has 0 atom stereocenters. The summed E-state index contributed by atoms with van der Waals surface area (Å²) < 4.78 is 13.7. The second-order valence-electron chi connectivity index (χ2n) is 6.27. The number of anilines is 2. The van der Waals surface area contributed by atoms with Crippen molar-refractivity contribution in [1.29, 1.82) is 0 Å². The highest BCUT2D eigenvalue weighted by Gasteiger charge is 2.22. The third kappa shape index (κ3) is 2.75. The van der Waals surface area contributed by atoms with Gasteiger partial charge in [-0.1, -0.05) is 44.2 Å². The van der Waals surface area contributed by atoms with Crippen molar-refractivity contribution in [3.8, 4) is 11.1 Å². The maximum atomic E-state index is 13.7. The van der Waals surface area contributed by atoms with Gasteiger partial charge in [0.25, 0.3) is 5.43 Å². The van der Waals surface area contributed by atoms with E-state index in [9.17, 15) is 14.0 Å². The summed E-state index contributed by atoms with van der Waals surface area (Å²) in [6.45, 7) is 5.84. The van der Waals surface area contributed by atoms with Gasteiger partial charge < -0.3 is 5.32 Å². The van der Waals surface area contributed by atoms with Crippen molar-refractivity contribution in [3.05, 3.63) is 79.9 Å². The third-order valence-electron chi connectivity index (χ3n) is 4.22. The van der Waals surface area contributed by atoms with Crippen LogP contribution in [0.15, 0.2) is 52.1 Å². The molecule has 0 radical (unpaired) electrons. The van der Waals surface area contributed by atoms with Gasteiger partial charge in [-0.05, 0) is 41.7 Å². The normalized spacial score (nSPS) is 11.2. The van der Waals surface area contributed by atoms with E-state index in [0.717, 1.165) is 5.56 Å². The van der Waals surface area contributed by atoms with Gasteiger partial charge in [-0.15, -0.1) is 0 Å². The fraction of sp³-hybridized carbons (Fsp3) is 0.200. The van der Waals surface area contributed by atoms with E-state index in [1.165, 1.54) is 6.07 Å². The Morgan fingerprint density at radius 3 is 2.21 bits per heavy atom. The number of benzene rings is 2. The molecule has 3 nitrogen and oxygen atoms in total. The molecule has 0 aliphatic carbocycles. The van der Waals surface area contributed by atoms with E-state index in [1.807, 2.05) is 24.3 Å². The Bertz CT molecular complexity index is 964. The van der Waals surface area contributed by atoms with Crippen LogP contribution >= 0.6 is 0 Å². The van der Waals surface area contributed by atoms with Gasteiger partial charge in [0, 0.05) is 5.69 Å². The fourth-order valence-corrected chi connectivity index (χ4v) is 2.64. The maximum Gasteiger partial charge on any atom is 0.250 e. The molecule has 0 aliphatic heterocycles. The van der Waals surface area contributed by atoms with E-state index in [1.54, 1.807) is 19.1 Å². The number of hydrogen-bond acceptors (Lipinski definition) is 3. The van der Waals surface area contributed by atoms with E-state index in [2.05, 4.69) is 19.2 Å². The van der Waals surface area contributed by atoms with Crippen molar-refractivity contribution >= 4 is 11.4 Å². The summed E-state index contributed by atoms with van der Waals surface area (Å²) in [6.07, 6.45) is 0. The largest absolute Gasteiger partial charge is 0.352 e. The molecule has 0 aromatic heterocycles. The van der Waals surface area contributed by atoms with Gasteiger partial charge in [0.05, 0.1) is 5.56 Å². The van der Waals surface area contributed by atoms with Crippen LogP contribution in [0.3, 0.4) is 0 Å². The Kier molecular flexibility index (Phi) is 4.06. The van der Waals surface area contributed by atoms with E-state index < -0.39 is 10.9 Å². The number of nitrogens with one attached hydrogen (secondary N) is 1. The van der Waals surface area contributed by atoms with Crippen LogP contribution in [0.5, 0.6) is 0 Å². The van der Waals surface area contributed by atoms with Gasteiger partial charge in [-0.2, -0.15) is 0 Å². The minimum atomic E-state index is -0.570. The van der Waals surface area contributed by atoms with Crippen molar-refractivity contribution < 1.29 is 4.39 Å². The lowest BCUT2D eigenvalue weighted by molar-refractivity contribution is 0.619. The summed E-state index contributed by atoms with van der Waals surface area (Å²) in [5.74, 6) is 0.0291. The van der Waals surface area contributed by atoms with Crippen molar-refractivity contribution in [1.82, 2.24) is 0 Å². The maximum absolute atomic E-state index is 13.7. The van der Waals surface area contributed by atoms with Crippen LogP contribution in [0.4, 0.5) is 15.8 Å². The van der Waals surface area contributed by atoms with Crippen LogP contribution in [0.25, 0.3) is 11.1 Å². The van der Waals surface area contributed by atoms with Crippen molar-refractivity contribution in [2.75, 3.05) is 5.32 Å². The first kappa shape index (κ1) is 16.1. The van der Waals surface area contributed by atoms with E-state index in [0.29, 0.717) is 28.3 Å². The minimum absolute atomic E-state index is 0.223. The summed E-state index contributed by atoms with van der Waals surface area (Å²) >= 11 is 0. The molecule has 0 amide bonds. The van der Waals surface area contributed by atoms with Gasteiger partial charge in [0.2, 0.25) is 5.43 Å². The lowest BCUT2D eigenvalue weighted by atomic mass is 9.95. The Morgan fingerprint density at radius 1 is 0.958 bits per heavy atom. The zero-order valence-electron chi connectivity index (χ0n) is 13.8. The molecule has 0 fully saturated rings. The highest BCUT2D eigenvalue weighted by molar-refractivity contribution is 5.84. The second kappa shape index (κ2) is 6.04. The van der Waals surface area contributed by atoms with Crippen molar-refractivity contribution in [3.63, 3.8) is 0 Å². The molecule has 4 heteroatoms. The first-order valence-corrected chi connectivity index (χ1v) is 7.85. The van der Waals surface area contributed by atoms with Crippen LogP contribution in [0.2, 0.25) is 0 Å². The van der Waals surface area contributed by atoms with Gasteiger partial charge in [0.1, 0.15) is 11.5 Å². The standard InChI is InChI=1S/C20H18FNO2/c1-11(2)13-5-7-14(8-6-13)17-18(20(24)19(17)23)22-15-9-4-12(3)16(21)10-15/h4-11,22H,1-3H3. The fourth-order valence-electron chi connectivity index (χ4n) is 2.64. The minimum Gasteiger partial charge on any atom is -0.352 e. The molecule has 3 aromatic rings. The highest BCUT2D eigenvalue weighted by Crippen LogP contribution is 2.28. The summed E-state index contributed by atoms with van der Waals surface area (Å²) in [6, 6.07) is 12.2. The molecule has 0 aliphatic rings. The van der Waals surface area contributed by atoms with Gasteiger partial charge in [-0.25, -0.2) is 4.39 Å². The molecule has 0 heterocycles. The molecule has 3 aromatic carbocycles. The molecule has 0 bridgehead atoms. The molecule has 122 valence electrons. The predicted molar refractivity (Wildman–Crippen MR) is 95.3 cm³/mol. The van der Waals surface area contributed by atoms with Crippen LogP contribution < -0.4 is 16.2 Å². The Labute approximate surface area is 139 Å². The first-order chi connectivity index (χ1) is 11.4. The van der Waals surface area contributed by atoms with Gasteiger partial charge in [-0.3, -0.25) is 9.59 Å². The van der Waals surface area contributed by atoms with Crippen LogP contribution in [-0.4, -0.2) is 0 Å². The lowest BCUT2D eigenvalue weighted by Gasteiger charge is -2.14. The molecular formula is C20H18FNO2. The molecule has 3 rings (SSSR count). The molecular weight excluding hydrogens is 305 g/mol. The Morgan fingerprint density at radius 2 is 1.62 bits per heavy atom.